The molecule has 0 spiro atoms. The minimum Gasteiger partial charge on any atom is -0.377 e. The summed E-state index contributed by atoms with van der Waals surface area (Å²) in [5.41, 5.74) is 2.66. The molecule has 1 aromatic carbocycles. The van der Waals surface area contributed by atoms with Crippen molar-refractivity contribution in [2.45, 2.75) is 12.8 Å². The van der Waals surface area contributed by atoms with Gasteiger partial charge in [0, 0.05) is 13.1 Å². The molecule has 0 N–H and O–H groups in total. The Kier molecular flexibility index (Phi) is 3.23. The molecule has 0 aliphatic carbocycles. The van der Waals surface area contributed by atoms with E-state index in [2.05, 4.69) is 48.0 Å². The van der Waals surface area contributed by atoms with Crippen molar-refractivity contribution in [2.24, 2.45) is 0 Å². The molecule has 1 aliphatic heterocycles. The van der Waals surface area contributed by atoms with Crippen LogP contribution < -0.4 is 0 Å². The van der Waals surface area contributed by atoms with Gasteiger partial charge in [0.05, 0.1) is 0 Å². The summed E-state index contributed by atoms with van der Waals surface area (Å²) in [6.45, 7) is 6.13. The summed E-state index contributed by atoms with van der Waals surface area (Å²) in [7, 11) is 0. The molecule has 0 amide bonds. The first-order chi connectivity index (χ1) is 7.40. The predicted octanol–water partition coefficient (Wildman–Crippen LogP) is 3.09. The van der Waals surface area contributed by atoms with E-state index in [-0.39, 0.29) is 0 Å². The Balaban J connectivity index is 1.97. The summed E-state index contributed by atoms with van der Waals surface area (Å²) in [5, 5.41) is 0. The number of benzene rings is 1. The fraction of sp³-hybridized carbons (Fsp3) is 0.286. The molecule has 1 aromatic rings. The van der Waals surface area contributed by atoms with Crippen LogP contribution in [0.1, 0.15) is 17.5 Å². The zero-order chi connectivity index (χ0) is 10.5. The van der Waals surface area contributed by atoms with Gasteiger partial charge in [0.25, 0.3) is 0 Å². The second-order valence-corrected chi connectivity index (χ2v) is 3.86. The van der Waals surface area contributed by atoms with Crippen molar-refractivity contribution >= 4 is 6.08 Å². The highest BCUT2D eigenvalue weighted by Crippen LogP contribution is 2.12. The molecule has 1 aliphatic rings. The molecule has 0 radical (unpaired) electrons. The average Bonchev–Trinajstić information content (AvgIpc) is 2.79. The largest absolute Gasteiger partial charge is 0.377 e. The Morgan fingerprint density at radius 1 is 1.33 bits per heavy atom. The molecule has 0 fully saturated rings. The molecule has 0 atom stereocenters. The quantitative estimate of drug-likeness (QED) is 0.720. The smallest absolute Gasteiger partial charge is 0.0213 e. The molecule has 0 unspecified atom stereocenters. The monoisotopic (exact) mass is 199 g/mol. The van der Waals surface area contributed by atoms with Crippen molar-refractivity contribution in [3.8, 4) is 0 Å². The summed E-state index contributed by atoms with van der Waals surface area (Å²) in [6, 6.07) is 8.48. The van der Waals surface area contributed by atoms with Gasteiger partial charge < -0.3 is 4.90 Å². The van der Waals surface area contributed by atoms with Crippen LogP contribution in [0.2, 0.25) is 0 Å². The first kappa shape index (κ1) is 10.0. The number of hydrogen-bond acceptors (Lipinski definition) is 1. The summed E-state index contributed by atoms with van der Waals surface area (Å²) in [6.07, 6.45) is 8.68. The van der Waals surface area contributed by atoms with Crippen LogP contribution in [0.15, 0.2) is 43.1 Å². The SMILES string of the molecule is C=Cc1ccccc1CCN1C=CCC1. The molecule has 0 bridgehead atoms. The van der Waals surface area contributed by atoms with E-state index in [0.29, 0.717) is 0 Å². The Bertz CT molecular complexity index is 365. The topological polar surface area (TPSA) is 3.24 Å². The Morgan fingerprint density at radius 3 is 2.93 bits per heavy atom. The van der Waals surface area contributed by atoms with Gasteiger partial charge in [-0.2, -0.15) is 0 Å². The standard InChI is InChI=1S/C14H17N/c1-2-13-7-3-4-8-14(13)9-12-15-10-5-6-11-15/h2-5,7-8,10H,1,6,9,11-12H2. The van der Waals surface area contributed by atoms with Gasteiger partial charge in [0.15, 0.2) is 0 Å². The molecule has 78 valence electrons. The van der Waals surface area contributed by atoms with Gasteiger partial charge >= 0.3 is 0 Å². The second-order valence-electron chi connectivity index (χ2n) is 3.86. The lowest BCUT2D eigenvalue weighted by Crippen LogP contribution is -2.17. The Hall–Kier alpha value is -1.50. The lowest BCUT2D eigenvalue weighted by Gasteiger charge is -2.15. The van der Waals surface area contributed by atoms with E-state index in [1.165, 1.54) is 24.1 Å². The maximum absolute atomic E-state index is 3.84. The van der Waals surface area contributed by atoms with Crippen LogP contribution in [0, 0.1) is 0 Å². The molecule has 2 rings (SSSR count). The molecule has 1 heteroatoms. The third-order valence-corrected chi connectivity index (χ3v) is 2.84. The van der Waals surface area contributed by atoms with E-state index >= 15 is 0 Å². The van der Waals surface area contributed by atoms with Crippen LogP contribution in [-0.2, 0) is 6.42 Å². The highest BCUT2D eigenvalue weighted by molar-refractivity contribution is 5.51. The molecule has 0 saturated heterocycles. The summed E-state index contributed by atoms with van der Waals surface area (Å²) >= 11 is 0. The fourth-order valence-corrected chi connectivity index (χ4v) is 1.95. The highest BCUT2D eigenvalue weighted by atomic mass is 15.1. The normalized spacial score (nSPS) is 14.5. The minimum atomic E-state index is 1.10. The fourth-order valence-electron chi connectivity index (χ4n) is 1.95. The zero-order valence-electron chi connectivity index (χ0n) is 9.02. The maximum Gasteiger partial charge on any atom is 0.0213 e. The Morgan fingerprint density at radius 2 is 2.20 bits per heavy atom. The van der Waals surface area contributed by atoms with Crippen molar-refractivity contribution < 1.29 is 0 Å². The molecule has 1 heterocycles. The van der Waals surface area contributed by atoms with Crippen LogP contribution in [0.25, 0.3) is 6.08 Å². The van der Waals surface area contributed by atoms with Crippen LogP contribution in [0.4, 0.5) is 0 Å². The van der Waals surface area contributed by atoms with Crippen LogP contribution >= 0.6 is 0 Å². The first-order valence-electron chi connectivity index (χ1n) is 5.51. The van der Waals surface area contributed by atoms with Gasteiger partial charge in [-0.3, -0.25) is 0 Å². The third kappa shape index (κ3) is 2.50. The summed E-state index contributed by atoms with van der Waals surface area (Å²) in [5.74, 6) is 0. The van der Waals surface area contributed by atoms with Crippen molar-refractivity contribution in [1.29, 1.82) is 0 Å². The van der Waals surface area contributed by atoms with Gasteiger partial charge in [-0.15, -0.1) is 0 Å². The van der Waals surface area contributed by atoms with Gasteiger partial charge in [-0.25, -0.2) is 0 Å². The number of rotatable bonds is 4. The van der Waals surface area contributed by atoms with Crippen molar-refractivity contribution in [2.75, 3.05) is 13.1 Å². The lowest BCUT2D eigenvalue weighted by atomic mass is 10.0. The van der Waals surface area contributed by atoms with Crippen molar-refractivity contribution in [1.82, 2.24) is 4.90 Å². The Labute approximate surface area is 91.7 Å². The van der Waals surface area contributed by atoms with E-state index in [1.807, 2.05) is 6.08 Å². The van der Waals surface area contributed by atoms with E-state index in [4.69, 9.17) is 0 Å². The van der Waals surface area contributed by atoms with Crippen LogP contribution in [-0.4, -0.2) is 18.0 Å². The molecular weight excluding hydrogens is 182 g/mol. The van der Waals surface area contributed by atoms with E-state index in [1.54, 1.807) is 0 Å². The molecule has 0 saturated carbocycles. The minimum absolute atomic E-state index is 1.10. The third-order valence-electron chi connectivity index (χ3n) is 2.84. The lowest BCUT2D eigenvalue weighted by molar-refractivity contribution is 0.411. The van der Waals surface area contributed by atoms with Gasteiger partial charge in [0.1, 0.15) is 0 Å². The molecule has 15 heavy (non-hydrogen) atoms. The molecule has 0 aromatic heterocycles. The van der Waals surface area contributed by atoms with Gasteiger partial charge in [0.2, 0.25) is 0 Å². The first-order valence-corrected chi connectivity index (χ1v) is 5.51. The summed E-state index contributed by atoms with van der Waals surface area (Å²) < 4.78 is 0. The van der Waals surface area contributed by atoms with Gasteiger partial charge in [-0.1, -0.05) is 43.0 Å². The predicted molar refractivity (Wildman–Crippen MR) is 65.6 cm³/mol. The maximum atomic E-state index is 3.84. The zero-order valence-corrected chi connectivity index (χ0v) is 9.02. The second kappa shape index (κ2) is 4.83. The van der Waals surface area contributed by atoms with E-state index in [0.717, 1.165) is 13.0 Å². The van der Waals surface area contributed by atoms with E-state index < -0.39 is 0 Å². The van der Waals surface area contributed by atoms with Crippen LogP contribution in [0.3, 0.4) is 0 Å². The van der Waals surface area contributed by atoms with E-state index in [9.17, 15) is 0 Å². The number of nitrogens with zero attached hydrogens (tertiary/aromatic N) is 1. The van der Waals surface area contributed by atoms with Gasteiger partial charge in [-0.05, 0) is 30.2 Å². The average molecular weight is 199 g/mol. The van der Waals surface area contributed by atoms with Crippen molar-refractivity contribution in [3.63, 3.8) is 0 Å². The highest BCUT2D eigenvalue weighted by Gasteiger charge is 2.05. The van der Waals surface area contributed by atoms with Crippen molar-refractivity contribution in [3.05, 3.63) is 54.2 Å². The molecular formula is C14H17N. The summed E-state index contributed by atoms with van der Waals surface area (Å²) in [4.78, 5) is 2.37. The molecule has 1 nitrogen and oxygen atoms in total. The van der Waals surface area contributed by atoms with Crippen LogP contribution in [0.5, 0.6) is 0 Å². The number of hydrogen-bond donors (Lipinski definition) is 0.